The van der Waals surface area contributed by atoms with Crippen molar-refractivity contribution in [2.75, 3.05) is 87.9 Å². The Labute approximate surface area is 843 Å². The number of aliphatic hydroxyl groups excluding tert-OH is 5. The molecule has 0 aliphatic carbocycles. The molecule has 14 heterocycles. The summed E-state index contributed by atoms with van der Waals surface area (Å²) >= 11 is 3.59. The zero-order chi connectivity index (χ0) is 103. The molecule has 5 N–H and O–H groups in total. The van der Waals surface area contributed by atoms with E-state index in [1.165, 1.54) is 113 Å². The quantitative estimate of drug-likeness (QED) is 0.00801. The molecule has 11 aromatic rings. The van der Waals surface area contributed by atoms with Gasteiger partial charge in [0.05, 0.1) is 179 Å². The van der Waals surface area contributed by atoms with E-state index in [-0.39, 0.29) is 151 Å². The number of terminal acetylenes is 1. The smallest absolute Gasteiger partial charge is 0.857 e. The third-order valence-corrected chi connectivity index (χ3v) is 27.5. The normalized spacial score (nSPS) is 27.1. The standard InChI is InChI=1S/C29H30F4N8O6S.C26H26F4N8O6S.C23H27F3N6O6S.C6H3FN2.CH3O.Na/c1-13-22(11-46-14(2)42)47-29(27(44-3)25(13)41-8-19(36-39-41)15-4-17(31)24(33)18(32)5-15)48-23-12-45-10-21(26(23)43)40-9-20(37-38-40)28-34-6-16(30)7-35-28;1-42-24-21(38-6-15(33-36-38)11-2-13(28)20(30)14(29)3-11)23(41)18(8-39)44-26(24)45-19-10-43-9-17(22(19)40)37-7-16(34-35-37)25-31-4-12(27)5-32-25;1-10-17(8-37-11(2)33)38-23(39-18-9-36-7-16(21(18)34)28-30-27)22(35-3)20(10)32-6-15(29-31-32)12-4-13(24)19(26)14(25)5-12;1-2-6-8-3-5(7)4-9-6;1-2;/h4-9,13,21-23,25-27,29,43H,10-12H2,1-3H3;2-7,17-19,21-24,26,39-41H,8-10H2,1H3;4-6,10,16-18,20-23,34H,7-9H2,1-3H3;1,3-4H;1H3;/q;;;;-1;+1. The molecular formula is C85H89F12N24NaO19S3. The van der Waals surface area contributed by atoms with Crippen LogP contribution in [0.4, 0.5) is 52.7 Å². The first-order chi connectivity index (χ1) is 68.7. The van der Waals surface area contributed by atoms with Gasteiger partial charge in [-0.2, -0.15) is 7.11 Å². The largest absolute Gasteiger partial charge is 1.00 e. The van der Waals surface area contributed by atoms with Crippen molar-refractivity contribution in [1.82, 2.24) is 105 Å². The Bertz CT molecular complexity index is 6140. The Balaban J connectivity index is 0.000000183. The van der Waals surface area contributed by atoms with Crippen molar-refractivity contribution in [3.63, 3.8) is 0 Å². The van der Waals surface area contributed by atoms with Crippen LogP contribution in [0.2, 0.25) is 0 Å². The molecule has 0 saturated carbocycles. The molecule has 6 fully saturated rings. The predicted octanol–water partition coefficient (Wildman–Crippen LogP) is 3.27. The maximum Gasteiger partial charge on any atom is 1.00 e. The van der Waals surface area contributed by atoms with Gasteiger partial charge in [0.15, 0.2) is 81.5 Å². The molecule has 0 spiro atoms. The number of aromatic nitrogens is 21. The molecule has 24 atom stereocenters. The maximum absolute atomic E-state index is 14.0. The predicted molar refractivity (Wildman–Crippen MR) is 470 cm³/mol. The summed E-state index contributed by atoms with van der Waals surface area (Å²) in [6.45, 7) is 6.14. The minimum atomic E-state index is -1.63. The van der Waals surface area contributed by atoms with E-state index < -0.39 is 224 Å². The Morgan fingerprint density at radius 2 is 0.771 bits per heavy atom. The van der Waals surface area contributed by atoms with Gasteiger partial charge in [-0.25, -0.2) is 106 Å². The molecule has 6 saturated heterocycles. The van der Waals surface area contributed by atoms with E-state index >= 15 is 0 Å². The molecule has 24 unspecified atom stereocenters. The molecule has 0 radical (unpaired) electrons. The van der Waals surface area contributed by atoms with Crippen molar-refractivity contribution in [3.8, 4) is 69.2 Å². The van der Waals surface area contributed by atoms with Gasteiger partial charge in [-0.05, 0) is 47.8 Å². The fraction of sp³-hybridized carbons (Fsp3) is 0.482. The number of azide groups is 1. The van der Waals surface area contributed by atoms with Gasteiger partial charge in [0.2, 0.25) is 5.82 Å². The number of carbonyl (C=O) groups is 2. The first-order valence-corrected chi connectivity index (χ1v) is 45.7. The average molecular weight is 2100 g/mol. The molecule has 59 heteroatoms. The van der Waals surface area contributed by atoms with Crippen molar-refractivity contribution in [1.29, 1.82) is 0 Å². The summed E-state index contributed by atoms with van der Waals surface area (Å²) in [5.74, 6) is -13.9. The number of ether oxygens (including phenoxy) is 11. The Kier molecular flexibility index (Phi) is 39.9. The minimum Gasteiger partial charge on any atom is -0.857 e. The van der Waals surface area contributed by atoms with E-state index in [4.69, 9.17) is 69.2 Å². The summed E-state index contributed by atoms with van der Waals surface area (Å²) in [4.78, 5) is 48.6. The SMILES string of the molecule is C#Cc1ncc(F)cn1.COC1C(SC2COCC(N=[N+]=[N-])C2O)OC(COC(C)=O)C(C)C1n1cc(-c2cc(F)c(F)c(F)c2)nn1.COC1C(SC2COCC(n3cc(-c4ncc(F)cn4)nn3)C2O)OC(CO)C(O)C1n1cc(-c2cc(F)c(F)c(F)c2)nn1.COC1C(SC2COCC(n3cc(-c4ncc(F)cn4)nn3)C2O)OC(COC(C)=O)C(C)C1n1cc(-c2cc(F)c(F)c(F)c2)nn1.C[O-].[Na+]. The van der Waals surface area contributed by atoms with Gasteiger partial charge in [0.25, 0.3) is 0 Å². The van der Waals surface area contributed by atoms with Gasteiger partial charge in [-0.1, -0.05) is 45.0 Å². The van der Waals surface area contributed by atoms with Crippen LogP contribution in [0.15, 0.2) is 110 Å². The first-order valence-electron chi connectivity index (χ1n) is 42.9. The number of nitrogens with zero attached hydrogens (tertiary/aromatic N) is 24. The van der Waals surface area contributed by atoms with E-state index in [0.717, 1.165) is 92.5 Å². The average Bonchev–Trinajstić information content (AvgIpc) is 1.53. The van der Waals surface area contributed by atoms with Crippen LogP contribution in [0.25, 0.3) is 67.3 Å². The van der Waals surface area contributed by atoms with Crippen LogP contribution in [0.1, 0.15) is 63.7 Å². The molecule has 0 bridgehead atoms. The second kappa shape index (κ2) is 51.4. The number of rotatable bonds is 25. The summed E-state index contributed by atoms with van der Waals surface area (Å²) in [5, 5.41) is 106. The number of esters is 2. The van der Waals surface area contributed by atoms with Crippen molar-refractivity contribution in [3.05, 3.63) is 191 Å². The molecule has 6 aliphatic rings. The van der Waals surface area contributed by atoms with Crippen LogP contribution >= 0.6 is 35.3 Å². The van der Waals surface area contributed by atoms with Gasteiger partial charge in [-0.3, -0.25) is 9.59 Å². The topological polar surface area (TPSA) is 540 Å². The molecule has 144 heavy (non-hydrogen) atoms. The van der Waals surface area contributed by atoms with Crippen LogP contribution in [-0.2, 0) is 61.7 Å². The van der Waals surface area contributed by atoms with Crippen molar-refractivity contribution in [2.45, 2.75) is 157 Å². The second-order valence-corrected chi connectivity index (χ2v) is 36.2. The number of aliphatic hydroxyl groups is 5. The summed E-state index contributed by atoms with van der Waals surface area (Å²) in [5.41, 5.74) is 6.97. The first kappa shape index (κ1) is 112. The maximum atomic E-state index is 14.0. The van der Waals surface area contributed by atoms with Gasteiger partial charge in [0, 0.05) is 68.6 Å². The van der Waals surface area contributed by atoms with Crippen molar-refractivity contribution >= 4 is 47.2 Å². The molecular weight excluding hydrogens is 2010 g/mol. The molecule has 766 valence electrons. The zero-order valence-electron chi connectivity index (χ0n) is 77.1. The van der Waals surface area contributed by atoms with Gasteiger partial charge < -0.3 is 82.7 Å². The van der Waals surface area contributed by atoms with Crippen molar-refractivity contribution < 1.29 is 175 Å². The van der Waals surface area contributed by atoms with Crippen LogP contribution in [-0.4, -0.2) is 329 Å². The number of hydrogen-bond acceptors (Lipinski definition) is 39. The van der Waals surface area contributed by atoms with E-state index in [0.29, 0.717) is 0 Å². The van der Waals surface area contributed by atoms with E-state index in [1.807, 2.05) is 13.8 Å². The van der Waals surface area contributed by atoms with Crippen LogP contribution in [0.5, 0.6) is 0 Å². The number of halogens is 12. The Morgan fingerprint density at radius 3 is 1.10 bits per heavy atom. The summed E-state index contributed by atoms with van der Waals surface area (Å²) in [6, 6.07) is 0.481. The van der Waals surface area contributed by atoms with E-state index in [2.05, 4.69) is 97.4 Å². The molecule has 8 aromatic heterocycles. The van der Waals surface area contributed by atoms with Gasteiger partial charge in [-0.15, -0.1) is 67.2 Å². The minimum absolute atomic E-state index is 0. The molecule has 3 aromatic carbocycles. The van der Waals surface area contributed by atoms with Crippen LogP contribution < -0.4 is 34.7 Å². The molecule has 43 nitrogen and oxygen atoms in total. The van der Waals surface area contributed by atoms with Crippen LogP contribution in [0.3, 0.4) is 0 Å². The Morgan fingerprint density at radius 1 is 0.465 bits per heavy atom. The molecule has 0 amide bonds. The van der Waals surface area contributed by atoms with E-state index in [9.17, 15) is 87.8 Å². The number of thioether (sulfide) groups is 3. The molecule has 6 aliphatic heterocycles. The number of carbonyl (C=O) groups excluding carboxylic acids is 2. The summed E-state index contributed by atoms with van der Waals surface area (Å²) in [7, 11) is 5.06. The second-order valence-electron chi connectivity index (χ2n) is 32.2. The Hall–Kier alpha value is -11.0. The third kappa shape index (κ3) is 26.5. The molecule has 17 rings (SSSR count). The fourth-order valence-corrected chi connectivity index (χ4v) is 20.5. The summed E-state index contributed by atoms with van der Waals surface area (Å²) in [6.07, 6.45) is 8.99. The van der Waals surface area contributed by atoms with Gasteiger partial charge >= 0.3 is 41.5 Å². The summed E-state index contributed by atoms with van der Waals surface area (Å²) < 4.78 is 233. The number of benzene rings is 3. The van der Waals surface area contributed by atoms with Crippen LogP contribution in [0, 0.1) is 94.0 Å². The van der Waals surface area contributed by atoms with Crippen molar-refractivity contribution in [2.24, 2.45) is 17.0 Å². The monoisotopic (exact) mass is 2100 g/mol. The third-order valence-electron chi connectivity index (χ3n) is 23.2. The number of hydrogen-bond donors (Lipinski definition) is 5. The fourth-order valence-electron chi connectivity index (χ4n) is 16.0. The number of methoxy groups -OCH3 is 3. The van der Waals surface area contributed by atoms with Gasteiger partial charge in [0.1, 0.15) is 107 Å². The van der Waals surface area contributed by atoms with E-state index in [1.54, 1.807) is 0 Å². The zero-order valence-corrected chi connectivity index (χ0v) is 81.5.